The van der Waals surface area contributed by atoms with Crippen LogP contribution >= 0.6 is 23.1 Å². The van der Waals surface area contributed by atoms with E-state index in [1.807, 2.05) is 11.8 Å². The lowest BCUT2D eigenvalue weighted by Crippen LogP contribution is -2.13. The fraction of sp³-hybridized carbons (Fsp3) is 0.571. The lowest BCUT2D eigenvalue weighted by molar-refractivity contribution is 0.127. The predicted molar refractivity (Wildman–Crippen MR) is 78.0 cm³/mol. The van der Waals surface area contributed by atoms with Crippen molar-refractivity contribution in [2.75, 3.05) is 13.2 Å². The Morgan fingerprint density at radius 2 is 2.50 bits per heavy atom. The van der Waals surface area contributed by atoms with Gasteiger partial charge in [0.15, 0.2) is 0 Å². The van der Waals surface area contributed by atoms with Crippen molar-refractivity contribution >= 4 is 23.1 Å². The van der Waals surface area contributed by atoms with Gasteiger partial charge in [-0.1, -0.05) is 11.8 Å². The summed E-state index contributed by atoms with van der Waals surface area (Å²) in [5.41, 5.74) is 1.07. The number of hydrogen-bond acceptors (Lipinski definition) is 4. The van der Waals surface area contributed by atoms with E-state index in [1.165, 1.54) is 11.3 Å². The van der Waals surface area contributed by atoms with E-state index in [0.717, 1.165) is 17.9 Å². The average molecular weight is 282 g/mol. The van der Waals surface area contributed by atoms with Gasteiger partial charge in [-0.25, -0.2) is 0 Å². The van der Waals surface area contributed by atoms with Gasteiger partial charge in [-0.05, 0) is 19.4 Å². The number of hydrogen-bond donors (Lipinski definition) is 1. The first-order valence-corrected chi connectivity index (χ1v) is 8.13. The largest absolute Gasteiger partial charge is 0.395 e. The Hall–Kier alpha value is -0.470. The van der Waals surface area contributed by atoms with Gasteiger partial charge in [0.05, 0.1) is 12.7 Å². The van der Waals surface area contributed by atoms with E-state index in [4.69, 9.17) is 9.84 Å². The Labute approximate surface area is 117 Å². The molecule has 2 nitrogen and oxygen atoms in total. The van der Waals surface area contributed by atoms with E-state index >= 15 is 0 Å². The van der Waals surface area contributed by atoms with Crippen molar-refractivity contribution in [3.8, 4) is 11.8 Å². The molecule has 2 atom stereocenters. The highest BCUT2D eigenvalue weighted by atomic mass is 32.2. The second-order valence-electron chi connectivity index (χ2n) is 4.29. The molecule has 1 aliphatic rings. The number of thioether (sulfide) groups is 1. The maximum atomic E-state index is 8.66. The van der Waals surface area contributed by atoms with Gasteiger partial charge in [0.1, 0.15) is 0 Å². The summed E-state index contributed by atoms with van der Waals surface area (Å²) in [5, 5.41) is 11.4. The van der Waals surface area contributed by atoms with Crippen LogP contribution in [0.5, 0.6) is 0 Å². The van der Waals surface area contributed by atoms with Gasteiger partial charge in [-0.3, -0.25) is 0 Å². The number of rotatable bonds is 4. The Bertz CT molecular complexity index is 430. The van der Waals surface area contributed by atoms with Crippen LogP contribution in [0.1, 0.15) is 30.2 Å². The number of ether oxygens (including phenoxy) is 1. The van der Waals surface area contributed by atoms with Crippen LogP contribution in [0.4, 0.5) is 0 Å². The summed E-state index contributed by atoms with van der Waals surface area (Å²) in [6.45, 7) is 3.20. The van der Waals surface area contributed by atoms with Gasteiger partial charge in [0.2, 0.25) is 0 Å². The van der Waals surface area contributed by atoms with Gasteiger partial charge in [-0.2, -0.15) is 11.8 Å². The quantitative estimate of drug-likeness (QED) is 0.861. The topological polar surface area (TPSA) is 29.5 Å². The summed E-state index contributed by atoms with van der Waals surface area (Å²) in [5.74, 6) is 7.06. The molecular formula is C14H18O2S2. The van der Waals surface area contributed by atoms with Crippen molar-refractivity contribution < 1.29 is 9.84 Å². The van der Waals surface area contributed by atoms with Crippen LogP contribution in [0.15, 0.2) is 11.4 Å². The average Bonchev–Trinajstić information content (AvgIpc) is 2.96. The molecule has 0 spiro atoms. The number of aliphatic hydroxyl groups excluding tert-OH is 1. The molecule has 1 aromatic heterocycles. The summed E-state index contributed by atoms with van der Waals surface area (Å²) in [6, 6.07) is 2.16. The van der Waals surface area contributed by atoms with Crippen molar-refractivity contribution in [1.82, 2.24) is 0 Å². The third kappa shape index (κ3) is 4.03. The molecule has 0 amide bonds. The smallest absolute Gasteiger partial charge is 0.0666 e. The SMILES string of the molecule is CC1OCCC1SCc1cc(C#CCCO)cs1. The maximum absolute atomic E-state index is 8.66. The van der Waals surface area contributed by atoms with Crippen molar-refractivity contribution in [1.29, 1.82) is 0 Å². The molecule has 0 aliphatic carbocycles. The monoisotopic (exact) mass is 282 g/mol. The van der Waals surface area contributed by atoms with Crippen LogP contribution < -0.4 is 0 Å². The summed E-state index contributed by atoms with van der Waals surface area (Å²) in [6.07, 6.45) is 2.11. The first-order chi connectivity index (χ1) is 8.79. The predicted octanol–water partition coefficient (Wildman–Crippen LogP) is 2.89. The third-order valence-electron chi connectivity index (χ3n) is 2.87. The molecule has 4 heteroatoms. The molecule has 1 aromatic rings. The fourth-order valence-electron chi connectivity index (χ4n) is 1.86. The highest BCUT2D eigenvalue weighted by Gasteiger charge is 2.24. The fourth-order valence-corrected chi connectivity index (χ4v) is 4.01. The minimum atomic E-state index is 0.138. The normalized spacial score (nSPS) is 22.8. The van der Waals surface area contributed by atoms with Gasteiger partial charge >= 0.3 is 0 Å². The Kier molecular flexibility index (Phi) is 5.58. The zero-order valence-corrected chi connectivity index (χ0v) is 12.1. The molecule has 2 rings (SSSR count). The molecule has 0 saturated carbocycles. The van der Waals surface area contributed by atoms with E-state index in [0.29, 0.717) is 17.8 Å². The lowest BCUT2D eigenvalue weighted by atomic mass is 10.3. The van der Waals surface area contributed by atoms with Crippen molar-refractivity contribution in [3.63, 3.8) is 0 Å². The second-order valence-corrected chi connectivity index (χ2v) is 6.51. The molecule has 1 fully saturated rings. The van der Waals surface area contributed by atoms with E-state index in [9.17, 15) is 0 Å². The van der Waals surface area contributed by atoms with E-state index in [2.05, 4.69) is 30.2 Å². The summed E-state index contributed by atoms with van der Waals surface area (Å²) in [4.78, 5) is 1.37. The highest BCUT2D eigenvalue weighted by molar-refractivity contribution is 7.99. The second kappa shape index (κ2) is 7.20. The van der Waals surface area contributed by atoms with Crippen LogP contribution in [0.25, 0.3) is 0 Å². The minimum absolute atomic E-state index is 0.138. The lowest BCUT2D eigenvalue weighted by Gasteiger charge is -2.12. The van der Waals surface area contributed by atoms with Crippen molar-refractivity contribution in [3.05, 3.63) is 21.9 Å². The molecule has 0 radical (unpaired) electrons. The standard InChI is InChI=1S/C14H18O2S2/c1-11-14(5-7-16-11)18-10-13-8-12(9-17-13)4-2-3-6-15/h8-9,11,14-15H,3,5-7,10H2,1H3. The van der Waals surface area contributed by atoms with Crippen LogP contribution in [-0.4, -0.2) is 29.7 Å². The Morgan fingerprint density at radius 3 is 3.22 bits per heavy atom. The summed E-state index contributed by atoms with van der Waals surface area (Å²) >= 11 is 3.75. The maximum Gasteiger partial charge on any atom is 0.0666 e. The van der Waals surface area contributed by atoms with Crippen molar-refractivity contribution in [2.45, 2.75) is 36.9 Å². The number of aliphatic hydroxyl groups is 1. The molecule has 1 saturated heterocycles. The number of thiophene rings is 1. The third-order valence-corrected chi connectivity index (χ3v) is 5.51. The molecule has 2 unspecified atom stereocenters. The van der Waals surface area contributed by atoms with Gasteiger partial charge in [0, 0.05) is 39.9 Å². The van der Waals surface area contributed by atoms with E-state index in [-0.39, 0.29) is 6.61 Å². The Balaban J connectivity index is 1.82. The van der Waals surface area contributed by atoms with Gasteiger partial charge in [0.25, 0.3) is 0 Å². The highest BCUT2D eigenvalue weighted by Crippen LogP contribution is 2.30. The molecule has 2 heterocycles. The minimum Gasteiger partial charge on any atom is -0.395 e. The van der Waals surface area contributed by atoms with Crippen molar-refractivity contribution in [2.24, 2.45) is 0 Å². The molecule has 18 heavy (non-hydrogen) atoms. The van der Waals surface area contributed by atoms with Crippen LogP contribution in [-0.2, 0) is 10.5 Å². The van der Waals surface area contributed by atoms with Crippen LogP contribution in [0.3, 0.4) is 0 Å². The van der Waals surface area contributed by atoms with Gasteiger partial charge < -0.3 is 9.84 Å². The molecule has 98 valence electrons. The summed E-state index contributed by atoms with van der Waals surface area (Å²) in [7, 11) is 0. The molecule has 0 aromatic carbocycles. The van der Waals surface area contributed by atoms with Gasteiger partial charge in [-0.15, -0.1) is 11.3 Å². The summed E-state index contributed by atoms with van der Waals surface area (Å²) < 4.78 is 5.56. The van der Waals surface area contributed by atoms with Crippen LogP contribution in [0.2, 0.25) is 0 Å². The first-order valence-electron chi connectivity index (χ1n) is 6.20. The molecule has 1 N–H and O–H groups in total. The van der Waals surface area contributed by atoms with Crippen LogP contribution in [0, 0.1) is 11.8 Å². The Morgan fingerprint density at radius 1 is 1.61 bits per heavy atom. The molecular weight excluding hydrogens is 264 g/mol. The molecule has 1 aliphatic heterocycles. The zero-order valence-electron chi connectivity index (χ0n) is 10.5. The zero-order chi connectivity index (χ0) is 12.8. The molecule has 0 bridgehead atoms. The van der Waals surface area contributed by atoms with E-state index in [1.54, 1.807) is 11.3 Å². The van der Waals surface area contributed by atoms with E-state index < -0.39 is 0 Å². The first kappa shape index (κ1) is 14.0.